The monoisotopic (exact) mass is 321 g/mol. The lowest BCUT2D eigenvalue weighted by molar-refractivity contribution is -0.132. The van der Waals surface area contributed by atoms with Crippen molar-refractivity contribution in [2.75, 3.05) is 32.7 Å². The van der Waals surface area contributed by atoms with E-state index in [-0.39, 0.29) is 5.91 Å². The highest BCUT2D eigenvalue weighted by Crippen LogP contribution is 2.07. The Kier molecular flexibility index (Phi) is 5.75. The van der Waals surface area contributed by atoms with Crippen LogP contribution in [0.1, 0.15) is 11.1 Å². The molecule has 2 heterocycles. The maximum Gasteiger partial charge on any atom is 0.227 e. The van der Waals surface area contributed by atoms with E-state index in [9.17, 15) is 4.79 Å². The van der Waals surface area contributed by atoms with Crippen molar-refractivity contribution in [2.45, 2.75) is 6.42 Å². The summed E-state index contributed by atoms with van der Waals surface area (Å²) in [4.78, 5) is 20.8. The van der Waals surface area contributed by atoms with Gasteiger partial charge in [0.25, 0.3) is 0 Å². The summed E-state index contributed by atoms with van der Waals surface area (Å²) in [6.07, 6.45) is 8.29. The SMILES string of the molecule is O=C(Cc1cccnc1)N1CCN(C/C=C/c2ccccc2)CC1. The molecule has 24 heavy (non-hydrogen) atoms. The van der Waals surface area contributed by atoms with Gasteiger partial charge in [0.05, 0.1) is 6.42 Å². The maximum atomic E-state index is 12.3. The first-order chi connectivity index (χ1) is 11.8. The normalized spacial score (nSPS) is 15.8. The number of piperazine rings is 1. The topological polar surface area (TPSA) is 36.4 Å². The van der Waals surface area contributed by atoms with Crippen LogP contribution >= 0.6 is 0 Å². The van der Waals surface area contributed by atoms with Crippen LogP contribution in [-0.4, -0.2) is 53.4 Å². The van der Waals surface area contributed by atoms with Gasteiger partial charge in [-0.1, -0.05) is 48.6 Å². The fraction of sp³-hybridized carbons (Fsp3) is 0.300. The molecule has 1 aromatic carbocycles. The Balaban J connectivity index is 1.42. The van der Waals surface area contributed by atoms with Crippen molar-refractivity contribution in [2.24, 2.45) is 0 Å². The fourth-order valence-corrected chi connectivity index (χ4v) is 2.87. The van der Waals surface area contributed by atoms with E-state index >= 15 is 0 Å². The van der Waals surface area contributed by atoms with Gasteiger partial charge in [-0.2, -0.15) is 0 Å². The number of amides is 1. The van der Waals surface area contributed by atoms with Gasteiger partial charge in [-0.05, 0) is 17.2 Å². The van der Waals surface area contributed by atoms with E-state index in [2.05, 4.69) is 34.2 Å². The molecule has 0 spiro atoms. The Morgan fingerprint density at radius 1 is 1.04 bits per heavy atom. The molecule has 2 aromatic rings. The summed E-state index contributed by atoms with van der Waals surface area (Å²) in [5.74, 6) is 0.197. The van der Waals surface area contributed by atoms with Crippen LogP contribution in [0.25, 0.3) is 6.08 Å². The van der Waals surface area contributed by atoms with Gasteiger partial charge in [0, 0.05) is 45.1 Å². The third-order valence-electron chi connectivity index (χ3n) is 4.28. The highest BCUT2D eigenvalue weighted by Gasteiger charge is 2.20. The lowest BCUT2D eigenvalue weighted by atomic mass is 10.2. The van der Waals surface area contributed by atoms with E-state index in [0.29, 0.717) is 6.42 Å². The molecule has 0 aliphatic carbocycles. The molecule has 0 atom stereocenters. The summed E-state index contributed by atoms with van der Waals surface area (Å²) >= 11 is 0. The van der Waals surface area contributed by atoms with Crippen molar-refractivity contribution < 1.29 is 4.79 Å². The van der Waals surface area contributed by atoms with Gasteiger partial charge in [0.15, 0.2) is 0 Å². The van der Waals surface area contributed by atoms with Crippen LogP contribution in [0, 0.1) is 0 Å². The van der Waals surface area contributed by atoms with E-state index < -0.39 is 0 Å². The van der Waals surface area contributed by atoms with Crippen LogP contribution < -0.4 is 0 Å². The molecular formula is C20H23N3O. The Bertz CT molecular complexity index is 662. The van der Waals surface area contributed by atoms with Crippen molar-refractivity contribution in [1.82, 2.24) is 14.8 Å². The van der Waals surface area contributed by atoms with E-state index in [1.54, 1.807) is 12.4 Å². The standard InChI is InChI=1S/C20H23N3O/c24-20(16-19-8-4-10-21-17-19)23-14-12-22(13-15-23)11-5-9-18-6-2-1-3-7-18/h1-10,17H,11-16H2/b9-5+. The number of rotatable bonds is 5. The van der Waals surface area contributed by atoms with Crippen molar-refractivity contribution >= 4 is 12.0 Å². The van der Waals surface area contributed by atoms with Crippen LogP contribution in [0.3, 0.4) is 0 Å². The van der Waals surface area contributed by atoms with Crippen LogP contribution in [0.4, 0.5) is 0 Å². The number of carbonyl (C=O) groups excluding carboxylic acids is 1. The van der Waals surface area contributed by atoms with Gasteiger partial charge in [-0.3, -0.25) is 14.7 Å². The zero-order valence-corrected chi connectivity index (χ0v) is 13.8. The molecule has 1 aromatic heterocycles. The average Bonchev–Trinajstić information content (AvgIpc) is 2.64. The number of aromatic nitrogens is 1. The molecule has 4 nitrogen and oxygen atoms in total. The zero-order chi connectivity index (χ0) is 16.6. The van der Waals surface area contributed by atoms with Crippen LogP contribution in [0.2, 0.25) is 0 Å². The lowest BCUT2D eigenvalue weighted by Crippen LogP contribution is -2.49. The smallest absolute Gasteiger partial charge is 0.227 e. The predicted octanol–water partition coefficient (Wildman–Crippen LogP) is 2.48. The number of nitrogens with zero attached hydrogens (tertiary/aromatic N) is 3. The summed E-state index contributed by atoms with van der Waals surface area (Å²) in [5.41, 5.74) is 2.21. The van der Waals surface area contributed by atoms with Crippen LogP contribution in [-0.2, 0) is 11.2 Å². The van der Waals surface area contributed by atoms with Gasteiger partial charge in [-0.15, -0.1) is 0 Å². The molecule has 0 bridgehead atoms. The second-order valence-corrected chi connectivity index (χ2v) is 6.03. The van der Waals surface area contributed by atoms with Crippen molar-refractivity contribution in [3.8, 4) is 0 Å². The first-order valence-electron chi connectivity index (χ1n) is 8.42. The van der Waals surface area contributed by atoms with Crippen molar-refractivity contribution in [1.29, 1.82) is 0 Å². The maximum absolute atomic E-state index is 12.3. The van der Waals surface area contributed by atoms with E-state index in [1.807, 2.05) is 35.2 Å². The fourth-order valence-electron chi connectivity index (χ4n) is 2.87. The molecule has 0 N–H and O–H groups in total. The van der Waals surface area contributed by atoms with Crippen LogP contribution in [0.15, 0.2) is 60.9 Å². The van der Waals surface area contributed by atoms with Gasteiger partial charge >= 0.3 is 0 Å². The number of benzene rings is 1. The highest BCUT2D eigenvalue weighted by molar-refractivity contribution is 5.78. The Morgan fingerprint density at radius 3 is 2.54 bits per heavy atom. The summed E-state index contributed by atoms with van der Waals surface area (Å²) in [6, 6.07) is 14.2. The Morgan fingerprint density at radius 2 is 1.83 bits per heavy atom. The van der Waals surface area contributed by atoms with Crippen molar-refractivity contribution in [3.05, 3.63) is 72.1 Å². The number of hydrogen-bond donors (Lipinski definition) is 0. The van der Waals surface area contributed by atoms with Gasteiger partial charge in [0.1, 0.15) is 0 Å². The quantitative estimate of drug-likeness (QED) is 0.849. The molecule has 1 aliphatic rings. The molecule has 1 fully saturated rings. The summed E-state index contributed by atoms with van der Waals surface area (Å²) in [7, 11) is 0. The number of pyridine rings is 1. The van der Waals surface area contributed by atoms with Crippen LogP contribution in [0.5, 0.6) is 0 Å². The minimum atomic E-state index is 0.197. The molecule has 124 valence electrons. The molecule has 0 saturated carbocycles. The van der Waals surface area contributed by atoms with Gasteiger partial charge < -0.3 is 4.90 Å². The molecule has 0 radical (unpaired) electrons. The Labute approximate surface area is 143 Å². The molecule has 3 rings (SSSR count). The molecule has 0 unspecified atom stereocenters. The lowest BCUT2D eigenvalue weighted by Gasteiger charge is -2.34. The van der Waals surface area contributed by atoms with Gasteiger partial charge in [-0.25, -0.2) is 0 Å². The average molecular weight is 321 g/mol. The minimum Gasteiger partial charge on any atom is -0.340 e. The van der Waals surface area contributed by atoms with Crippen molar-refractivity contribution in [3.63, 3.8) is 0 Å². The van der Waals surface area contributed by atoms with E-state index in [4.69, 9.17) is 0 Å². The predicted molar refractivity (Wildman–Crippen MR) is 96.4 cm³/mol. The summed E-state index contributed by atoms with van der Waals surface area (Å²) in [5, 5.41) is 0. The second-order valence-electron chi connectivity index (χ2n) is 6.03. The van der Waals surface area contributed by atoms with Gasteiger partial charge in [0.2, 0.25) is 5.91 Å². The largest absolute Gasteiger partial charge is 0.340 e. The highest BCUT2D eigenvalue weighted by atomic mass is 16.2. The second kappa shape index (κ2) is 8.41. The molecule has 1 saturated heterocycles. The number of hydrogen-bond acceptors (Lipinski definition) is 3. The zero-order valence-electron chi connectivity index (χ0n) is 13.8. The summed E-state index contributed by atoms with van der Waals surface area (Å²) < 4.78 is 0. The van der Waals surface area contributed by atoms with E-state index in [0.717, 1.165) is 38.3 Å². The molecule has 4 heteroatoms. The first-order valence-corrected chi connectivity index (χ1v) is 8.42. The van der Waals surface area contributed by atoms with E-state index in [1.165, 1.54) is 5.56 Å². The summed E-state index contributed by atoms with van der Waals surface area (Å²) in [6.45, 7) is 4.39. The number of carbonyl (C=O) groups is 1. The first kappa shape index (κ1) is 16.4. The third-order valence-corrected chi connectivity index (χ3v) is 4.28. The minimum absolute atomic E-state index is 0.197. The Hall–Kier alpha value is -2.46. The molecule has 1 amide bonds. The third kappa shape index (κ3) is 4.77. The molecule has 1 aliphatic heterocycles. The molecular weight excluding hydrogens is 298 g/mol.